The molecule has 2 rings (SSSR count). The second kappa shape index (κ2) is 1.99. The molecule has 0 saturated carbocycles. The molecule has 0 radical (unpaired) electrons. The first-order valence-electron chi connectivity index (χ1n) is 3.21. The van der Waals surface area contributed by atoms with E-state index >= 15 is 0 Å². The van der Waals surface area contributed by atoms with Gasteiger partial charge in [-0.15, -0.1) is 0 Å². The quantitative estimate of drug-likeness (QED) is 0.580. The molecule has 0 fully saturated rings. The molecule has 11 heavy (non-hydrogen) atoms. The van der Waals surface area contributed by atoms with Crippen molar-refractivity contribution in [3.8, 4) is 0 Å². The fraction of sp³-hybridized carbons (Fsp3) is 0.125. The predicted molar refractivity (Wildman–Crippen MR) is 38.7 cm³/mol. The van der Waals surface area contributed by atoms with Gasteiger partial charge in [0.05, 0.1) is 7.11 Å². The Hall–Kier alpha value is -1.51. The molecule has 0 spiro atoms. The maximum absolute atomic E-state index is 11.0. The summed E-state index contributed by atoms with van der Waals surface area (Å²) in [7, 11) is 1.35. The van der Waals surface area contributed by atoms with Crippen molar-refractivity contribution in [2.45, 2.75) is 0 Å². The molecule has 0 aromatic carbocycles. The van der Waals surface area contributed by atoms with E-state index in [0.717, 1.165) is 0 Å². The number of esters is 1. The number of methoxy groups -OCH3 is 1. The Morgan fingerprint density at radius 1 is 1.55 bits per heavy atom. The van der Waals surface area contributed by atoms with Gasteiger partial charge in [-0.05, 0) is 18.2 Å². The van der Waals surface area contributed by atoms with E-state index in [0.29, 0.717) is 16.7 Å². The van der Waals surface area contributed by atoms with Crippen molar-refractivity contribution in [3.63, 3.8) is 0 Å². The van der Waals surface area contributed by atoms with E-state index in [9.17, 15) is 4.79 Å². The minimum absolute atomic E-state index is 0.348. The van der Waals surface area contributed by atoms with Gasteiger partial charge in [0.1, 0.15) is 16.7 Å². The van der Waals surface area contributed by atoms with Gasteiger partial charge in [-0.2, -0.15) is 0 Å². The van der Waals surface area contributed by atoms with E-state index in [2.05, 4.69) is 4.74 Å². The Labute approximate surface area is 62.9 Å². The molecule has 2 heterocycles. The lowest BCUT2D eigenvalue weighted by atomic mass is 10.2. The molecular formula is C8H6O3. The van der Waals surface area contributed by atoms with Crippen LogP contribution in [0.3, 0.4) is 0 Å². The van der Waals surface area contributed by atoms with Gasteiger partial charge in [0, 0.05) is 0 Å². The number of carbonyl (C=O) groups is 1. The highest BCUT2D eigenvalue weighted by Gasteiger charge is 2.14. The third kappa shape index (κ3) is 0.774. The number of ether oxygens (including phenoxy) is 1. The van der Waals surface area contributed by atoms with Crippen LogP contribution in [-0.2, 0) is 4.74 Å². The largest absolute Gasteiger partial charge is 0.465 e. The van der Waals surface area contributed by atoms with Crippen LogP contribution >= 0.6 is 0 Å². The standard InChI is InChI=1S/C8H6O3/c1-10-8(9)6-4-5-2-3-7(6)11-5/h2-4H,1H3. The van der Waals surface area contributed by atoms with E-state index < -0.39 is 0 Å². The molecule has 2 aromatic heterocycles. The van der Waals surface area contributed by atoms with Gasteiger partial charge < -0.3 is 9.15 Å². The number of benzene rings is 1. The van der Waals surface area contributed by atoms with Crippen LogP contribution in [0.2, 0.25) is 0 Å². The van der Waals surface area contributed by atoms with Gasteiger partial charge in [0.25, 0.3) is 0 Å². The Morgan fingerprint density at radius 3 is 2.82 bits per heavy atom. The van der Waals surface area contributed by atoms with E-state index in [1.165, 1.54) is 7.11 Å². The van der Waals surface area contributed by atoms with Gasteiger partial charge in [-0.3, -0.25) is 0 Å². The van der Waals surface area contributed by atoms with Crippen molar-refractivity contribution >= 4 is 17.1 Å². The van der Waals surface area contributed by atoms with Crippen LogP contribution in [0.5, 0.6) is 0 Å². The van der Waals surface area contributed by atoms with Gasteiger partial charge in [0.15, 0.2) is 0 Å². The SMILES string of the molecule is COC(=O)c1cc2ccc1o2. The van der Waals surface area contributed by atoms with Crippen LogP contribution < -0.4 is 0 Å². The smallest absolute Gasteiger partial charge is 0.341 e. The van der Waals surface area contributed by atoms with Crippen LogP contribution in [-0.4, -0.2) is 13.1 Å². The summed E-state index contributed by atoms with van der Waals surface area (Å²) in [4.78, 5) is 11.0. The van der Waals surface area contributed by atoms with Gasteiger partial charge >= 0.3 is 5.97 Å². The summed E-state index contributed by atoms with van der Waals surface area (Å²) in [6.45, 7) is 0. The second-order valence-corrected chi connectivity index (χ2v) is 2.25. The minimum Gasteiger partial charge on any atom is -0.465 e. The third-order valence-corrected chi connectivity index (χ3v) is 1.58. The van der Waals surface area contributed by atoms with Gasteiger partial charge in [0.2, 0.25) is 0 Å². The summed E-state index contributed by atoms with van der Waals surface area (Å²) in [5, 5.41) is 0. The molecule has 3 heteroatoms. The zero-order valence-corrected chi connectivity index (χ0v) is 5.96. The molecule has 2 aromatic rings. The summed E-state index contributed by atoms with van der Waals surface area (Å²) < 4.78 is 9.67. The van der Waals surface area contributed by atoms with Crippen molar-refractivity contribution in [2.24, 2.45) is 0 Å². The summed E-state index contributed by atoms with van der Waals surface area (Å²) in [5.74, 6) is -0.348. The Morgan fingerprint density at radius 2 is 2.36 bits per heavy atom. The molecule has 0 atom stereocenters. The first-order chi connectivity index (χ1) is 5.31. The molecule has 0 saturated heterocycles. The number of hydrogen-bond donors (Lipinski definition) is 0. The topological polar surface area (TPSA) is 39.4 Å². The summed E-state index contributed by atoms with van der Waals surface area (Å²) >= 11 is 0. The van der Waals surface area contributed by atoms with Crippen LogP contribution in [0.1, 0.15) is 10.4 Å². The maximum Gasteiger partial charge on any atom is 0.341 e. The van der Waals surface area contributed by atoms with Crippen molar-refractivity contribution in [1.82, 2.24) is 0 Å². The second-order valence-electron chi connectivity index (χ2n) is 2.25. The number of fused-ring (bicyclic) bond motifs is 2. The fourth-order valence-corrected chi connectivity index (χ4v) is 1.06. The molecule has 0 N–H and O–H groups in total. The van der Waals surface area contributed by atoms with Crippen molar-refractivity contribution in [3.05, 3.63) is 23.8 Å². The van der Waals surface area contributed by atoms with Crippen molar-refractivity contribution in [2.75, 3.05) is 7.11 Å². The van der Waals surface area contributed by atoms with Gasteiger partial charge in [-0.25, -0.2) is 4.79 Å². The van der Waals surface area contributed by atoms with E-state index in [4.69, 9.17) is 4.42 Å². The fourth-order valence-electron chi connectivity index (χ4n) is 1.06. The lowest BCUT2D eigenvalue weighted by Gasteiger charge is -1.92. The highest BCUT2D eigenvalue weighted by Crippen LogP contribution is 2.22. The monoisotopic (exact) mass is 150 g/mol. The zero-order valence-electron chi connectivity index (χ0n) is 5.96. The highest BCUT2D eigenvalue weighted by atomic mass is 16.5. The molecule has 0 unspecified atom stereocenters. The normalized spacial score (nSPS) is 10.6. The average molecular weight is 150 g/mol. The summed E-state index contributed by atoms with van der Waals surface area (Å²) in [5.41, 5.74) is 1.80. The molecule has 0 aliphatic carbocycles. The van der Waals surface area contributed by atoms with Crippen molar-refractivity contribution < 1.29 is 13.9 Å². The van der Waals surface area contributed by atoms with Crippen LogP contribution in [0.25, 0.3) is 11.2 Å². The van der Waals surface area contributed by atoms with Gasteiger partial charge in [-0.1, -0.05) is 0 Å². The first kappa shape index (κ1) is 6.22. The number of furan rings is 2. The van der Waals surface area contributed by atoms with Crippen LogP contribution in [0, 0.1) is 0 Å². The molecule has 0 amide bonds. The van der Waals surface area contributed by atoms with Crippen LogP contribution in [0.4, 0.5) is 0 Å². The molecule has 2 bridgehead atoms. The number of hydrogen-bond acceptors (Lipinski definition) is 3. The van der Waals surface area contributed by atoms with E-state index in [1.54, 1.807) is 12.1 Å². The Bertz CT molecular complexity index is 374. The van der Waals surface area contributed by atoms with E-state index in [1.807, 2.05) is 6.07 Å². The maximum atomic E-state index is 11.0. The average Bonchev–Trinajstić information content (AvgIpc) is 2.62. The first-order valence-corrected chi connectivity index (χ1v) is 3.21. The zero-order chi connectivity index (χ0) is 7.84. The summed E-state index contributed by atoms with van der Waals surface area (Å²) in [6.07, 6.45) is 0. The third-order valence-electron chi connectivity index (χ3n) is 1.58. The molecule has 56 valence electrons. The Balaban J connectivity index is 2.54. The minimum atomic E-state index is -0.348. The lowest BCUT2D eigenvalue weighted by molar-refractivity contribution is 0.0602. The molecule has 0 aliphatic heterocycles. The van der Waals surface area contributed by atoms with Crippen LogP contribution in [0.15, 0.2) is 22.6 Å². The molecule has 0 aliphatic rings. The van der Waals surface area contributed by atoms with E-state index in [-0.39, 0.29) is 5.97 Å². The highest BCUT2D eigenvalue weighted by molar-refractivity contribution is 5.98. The summed E-state index contributed by atoms with van der Waals surface area (Å²) in [6, 6.07) is 5.23. The molecular weight excluding hydrogens is 144 g/mol. The number of carbonyl (C=O) groups excluding carboxylic acids is 1. The number of rotatable bonds is 1. The van der Waals surface area contributed by atoms with Crippen molar-refractivity contribution in [1.29, 1.82) is 0 Å². The Kier molecular flexibility index (Phi) is 1.12. The lowest BCUT2D eigenvalue weighted by Crippen LogP contribution is -1.99. The predicted octanol–water partition coefficient (Wildman–Crippen LogP) is 1.66. The molecule has 3 nitrogen and oxygen atoms in total.